The molecule has 0 heterocycles. The molecule has 0 bridgehead atoms. The van der Waals surface area contributed by atoms with Crippen LogP contribution in [0.2, 0.25) is 5.02 Å². The molecule has 0 amide bonds. The molecule has 0 saturated heterocycles. The Balaban J connectivity index is 2.40. The summed E-state index contributed by atoms with van der Waals surface area (Å²) in [5, 5.41) is 1.38. The van der Waals surface area contributed by atoms with E-state index in [9.17, 15) is 0 Å². The van der Waals surface area contributed by atoms with Gasteiger partial charge in [-0.25, -0.2) is 0 Å². The van der Waals surface area contributed by atoms with Crippen molar-refractivity contribution in [2.75, 3.05) is 0 Å². The molecule has 2 N–H and O–H groups in total. The highest BCUT2D eigenvalue weighted by Crippen LogP contribution is 2.49. The van der Waals surface area contributed by atoms with Gasteiger partial charge in [0.1, 0.15) is 0 Å². The van der Waals surface area contributed by atoms with Crippen LogP contribution in [0, 0.1) is 0 Å². The summed E-state index contributed by atoms with van der Waals surface area (Å²) < 4.78 is 0. The maximum atomic E-state index is 6.25. The molecule has 0 atom stereocenters. The van der Waals surface area contributed by atoms with Crippen molar-refractivity contribution in [3.05, 3.63) is 28.8 Å². The summed E-state index contributed by atoms with van der Waals surface area (Å²) in [6.07, 6.45) is 2.12. The fraction of sp³-hybridized carbons (Fsp3) is 0.500. The summed E-state index contributed by atoms with van der Waals surface area (Å²) in [7, 11) is 0. The Morgan fingerprint density at radius 1 is 1.40 bits per heavy atom. The minimum atomic E-state index is -0.143. The lowest BCUT2D eigenvalue weighted by molar-refractivity contribution is 0.722. The number of halogens is 1. The highest BCUT2D eigenvalue weighted by atomic mass is 35.5. The monoisotopic (exact) mass is 241 g/mol. The third-order valence-corrected chi connectivity index (χ3v) is 4.01. The zero-order chi connectivity index (χ0) is 11.1. The molecule has 0 aliphatic heterocycles. The van der Waals surface area contributed by atoms with Gasteiger partial charge >= 0.3 is 0 Å². The molecule has 1 aliphatic carbocycles. The van der Waals surface area contributed by atoms with Crippen LogP contribution in [-0.4, -0.2) is 5.25 Å². The van der Waals surface area contributed by atoms with Gasteiger partial charge in [-0.05, 0) is 25.0 Å². The van der Waals surface area contributed by atoms with Crippen molar-refractivity contribution in [2.24, 2.45) is 5.73 Å². The first-order valence-corrected chi connectivity index (χ1v) is 6.53. The summed E-state index contributed by atoms with van der Waals surface area (Å²) in [6, 6.07) is 6.06. The van der Waals surface area contributed by atoms with Gasteiger partial charge in [-0.2, -0.15) is 0 Å². The van der Waals surface area contributed by atoms with E-state index < -0.39 is 0 Å². The summed E-state index contributed by atoms with van der Waals surface area (Å²) in [4.78, 5) is 1.25. The number of nitrogens with two attached hydrogens (primary N) is 1. The molecule has 0 spiro atoms. The normalized spacial score (nSPS) is 18.2. The van der Waals surface area contributed by atoms with Crippen LogP contribution in [-0.2, 0) is 5.54 Å². The lowest BCUT2D eigenvalue weighted by Gasteiger charge is -2.17. The van der Waals surface area contributed by atoms with Gasteiger partial charge in [0.25, 0.3) is 0 Å². The Morgan fingerprint density at radius 2 is 2.07 bits per heavy atom. The van der Waals surface area contributed by atoms with E-state index in [1.165, 1.54) is 4.90 Å². The minimum Gasteiger partial charge on any atom is -0.321 e. The Kier molecular flexibility index (Phi) is 3.02. The van der Waals surface area contributed by atoms with Crippen molar-refractivity contribution in [1.29, 1.82) is 0 Å². The molecule has 3 heteroatoms. The van der Waals surface area contributed by atoms with Crippen LogP contribution < -0.4 is 5.73 Å². The molecule has 82 valence electrons. The molecule has 1 aliphatic rings. The minimum absolute atomic E-state index is 0.143. The number of thioether (sulfide) groups is 1. The van der Waals surface area contributed by atoms with Gasteiger partial charge in [0, 0.05) is 26.3 Å². The summed E-state index contributed by atoms with van der Waals surface area (Å²) in [5.41, 5.74) is 7.26. The predicted molar refractivity (Wildman–Crippen MR) is 67.5 cm³/mol. The topological polar surface area (TPSA) is 26.0 Å². The van der Waals surface area contributed by atoms with Crippen molar-refractivity contribution in [3.63, 3.8) is 0 Å². The Bertz CT molecular complexity index is 372. The zero-order valence-electron chi connectivity index (χ0n) is 9.09. The van der Waals surface area contributed by atoms with Gasteiger partial charge in [0.15, 0.2) is 0 Å². The highest BCUT2D eigenvalue weighted by molar-refractivity contribution is 8.00. The number of hydrogen-bond acceptors (Lipinski definition) is 2. The fourth-order valence-electron chi connectivity index (χ4n) is 1.72. The van der Waals surface area contributed by atoms with Crippen LogP contribution in [0.15, 0.2) is 23.1 Å². The maximum Gasteiger partial charge on any atom is 0.0467 e. The molecule has 0 radical (unpaired) electrons. The standard InChI is InChI=1S/C12H16ClNS/c1-8(2)15-10-5-3-4-9(13)11(10)12(14)6-7-12/h3-5,8H,6-7,14H2,1-2H3. The third kappa shape index (κ3) is 2.32. The molecule has 15 heavy (non-hydrogen) atoms. The Hall–Kier alpha value is -0.180. The number of hydrogen-bond donors (Lipinski definition) is 1. The van der Waals surface area contributed by atoms with E-state index in [1.54, 1.807) is 0 Å². The highest BCUT2D eigenvalue weighted by Gasteiger charge is 2.43. The van der Waals surface area contributed by atoms with Gasteiger partial charge in [0.05, 0.1) is 0 Å². The second kappa shape index (κ2) is 4.00. The van der Waals surface area contributed by atoms with Gasteiger partial charge in [-0.15, -0.1) is 11.8 Å². The average molecular weight is 242 g/mol. The molecule has 1 nitrogen and oxygen atoms in total. The first-order valence-electron chi connectivity index (χ1n) is 5.27. The van der Waals surface area contributed by atoms with Crippen molar-refractivity contribution in [2.45, 2.75) is 42.4 Å². The van der Waals surface area contributed by atoms with Crippen molar-refractivity contribution >= 4 is 23.4 Å². The van der Waals surface area contributed by atoms with Crippen molar-refractivity contribution in [1.82, 2.24) is 0 Å². The van der Waals surface area contributed by atoms with Crippen LogP contribution in [0.1, 0.15) is 32.3 Å². The SMILES string of the molecule is CC(C)Sc1cccc(Cl)c1C1(N)CC1. The summed E-state index contributed by atoms with van der Waals surface area (Å²) >= 11 is 8.09. The molecule has 1 fully saturated rings. The molecule has 1 saturated carbocycles. The predicted octanol–water partition coefficient (Wildman–Crippen LogP) is 3.79. The molecule has 0 aromatic heterocycles. The molecular formula is C12H16ClNS. The van der Waals surface area contributed by atoms with Crippen LogP contribution in [0.3, 0.4) is 0 Å². The van der Waals surface area contributed by atoms with Crippen molar-refractivity contribution < 1.29 is 0 Å². The van der Waals surface area contributed by atoms with E-state index in [1.807, 2.05) is 23.9 Å². The lowest BCUT2D eigenvalue weighted by Crippen LogP contribution is -2.20. The lowest BCUT2D eigenvalue weighted by atomic mass is 10.1. The maximum absolute atomic E-state index is 6.25. The van der Waals surface area contributed by atoms with Crippen molar-refractivity contribution in [3.8, 4) is 0 Å². The van der Waals surface area contributed by atoms with Crippen LogP contribution >= 0.6 is 23.4 Å². The number of rotatable bonds is 3. The first-order chi connectivity index (χ1) is 7.03. The van der Waals surface area contributed by atoms with Gasteiger partial charge in [-0.3, -0.25) is 0 Å². The largest absolute Gasteiger partial charge is 0.321 e. The fourth-order valence-corrected chi connectivity index (χ4v) is 3.24. The van der Waals surface area contributed by atoms with Gasteiger partial charge in [0.2, 0.25) is 0 Å². The van der Waals surface area contributed by atoms with E-state index in [-0.39, 0.29) is 5.54 Å². The average Bonchev–Trinajstić information content (AvgIpc) is 2.83. The smallest absolute Gasteiger partial charge is 0.0467 e. The van der Waals surface area contributed by atoms with Crippen LogP contribution in [0.4, 0.5) is 0 Å². The summed E-state index contributed by atoms with van der Waals surface area (Å²) in [6.45, 7) is 4.37. The second-order valence-electron chi connectivity index (χ2n) is 4.44. The zero-order valence-corrected chi connectivity index (χ0v) is 10.7. The van der Waals surface area contributed by atoms with E-state index in [0.29, 0.717) is 5.25 Å². The quantitative estimate of drug-likeness (QED) is 0.815. The third-order valence-electron chi connectivity index (χ3n) is 2.62. The van der Waals surface area contributed by atoms with Crippen LogP contribution in [0.5, 0.6) is 0 Å². The van der Waals surface area contributed by atoms with E-state index in [2.05, 4.69) is 19.9 Å². The Labute approximate surface area is 100 Å². The van der Waals surface area contributed by atoms with Crippen LogP contribution in [0.25, 0.3) is 0 Å². The Morgan fingerprint density at radius 3 is 2.60 bits per heavy atom. The first kappa shape index (κ1) is 11.3. The molecule has 1 aromatic carbocycles. The summed E-state index contributed by atoms with van der Waals surface area (Å²) in [5.74, 6) is 0. The van der Waals surface area contributed by atoms with E-state index >= 15 is 0 Å². The second-order valence-corrected chi connectivity index (χ2v) is 6.46. The molecule has 0 unspecified atom stereocenters. The molecular weight excluding hydrogens is 226 g/mol. The molecule has 1 aromatic rings. The number of benzene rings is 1. The van der Waals surface area contributed by atoms with E-state index in [0.717, 1.165) is 23.4 Å². The molecule has 2 rings (SSSR count). The van der Waals surface area contributed by atoms with Gasteiger partial charge in [-0.1, -0.05) is 31.5 Å². The van der Waals surface area contributed by atoms with Gasteiger partial charge < -0.3 is 5.73 Å². The van der Waals surface area contributed by atoms with E-state index in [4.69, 9.17) is 17.3 Å².